The smallest absolute Gasteiger partial charge is 0.120 e. The lowest BCUT2D eigenvalue weighted by molar-refractivity contribution is 0.793. The Kier molecular flexibility index (Phi) is 2.33. The normalized spacial score (nSPS) is 9.64. The zero-order valence-electron chi connectivity index (χ0n) is 7.72. The van der Waals surface area contributed by atoms with Gasteiger partial charge in [-0.15, -0.1) is 0 Å². The van der Waals surface area contributed by atoms with Gasteiger partial charge in [0.05, 0.1) is 0 Å². The average molecular weight is 182 g/mol. The van der Waals surface area contributed by atoms with Crippen LogP contribution >= 0.6 is 0 Å². The first-order valence-corrected chi connectivity index (χ1v) is 4.49. The highest BCUT2D eigenvalue weighted by molar-refractivity contribution is 5.24. The van der Waals surface area contributed by atoms with Gasteiger partial charge >= 0.3 is 0 Å². The Labute approximate surface area is 83.0 Å². The fourth-order valence-corrected chi connectivity index (χ4v) is 1.43. The Balaban J connectivity index is 2.24. The summed E-state index contributed by atoms with van der Waals surface area (Å²) in [6.07, 6.45) is 1.92. The summed E-state index contributed by atoms with van der Waals surface area (Å²) < 4.78 is 1.94. The van der Waals surface area contributed by atoms with E-state index < -0.39 is 0 Å². The minimum atomic E-state index is 0.703. The average Bonchev–Trinajstić information content (AvgIpc) is 2.67. The van der Waals surface area contributed by atoms with Crippen LogP contribution in [0.2, 0.25) is 0 Å². The topological polar surface area (TPSA) is 28.7 Å². The fraction of sp³-hybridized carbons (Fsp3) is 0.0833. The third-order valence-corrected chi connectivity index (χ3v) is 2.14. The molecule has 0 aliphatic carbocycles. The van der Waals surface area contributed by atoms with Gasteiger partial charge in [-0.3, -0.25) is 0 Å². The summed E-state index contributed by atoms with van der Waals surface area (Å²) >= 11 is 0. The van der Waals surface area contributed by atoms with Gasteiger partial charge in [0.1, 0.15) is 11.8 Å². The van der Waals surface area contributed by atoms with Crippen molar-refractivity contribution < 1.29 is 0 Å². The highest BCUT2D eigenvalue weighted by Gasteiger charge is 1.99. The highest BCUT2D eigenvalue weighted by Crippen LogP contribution is 2.06. The lowest BCUT2D eigenvalue weighted by Gasteiger charge is -2.03. The Bertz CT molecular complexity index is 449. The maximum Gasteiger partial charge on any atom is 0.120 e. The molecule has 2 rings (SSSR count). The van der Waals surface area contributed by atoms with Crippen molar-refractivity contribution in [2.45, 2.75) is 6.54 Å². The van der Waals surface area contributed by atoms with Gasteiger partial charge in [0.2, 0.25) is 0 Å². The number of rotatable bonds is 2. The molecule has 2 heteroatoms. The van der Waals surface area contributed by atoms with Crippen molar-refractivity contribution in [3.8, 4) is 6.07 Å². The summed E-state index contributed by atoms with van der Waals surface area (Å²) in [6.45, 7) is 0.761. The summed E-state index contributed by atoms with van der Waals surface area (Å²) in [6, 6.07) is 16.0. The van der Waals surface area contributed by atoms with Crippen LogP contribution in [0, 0.1) is 11.3 Å². The zero-order chi connectivity index (χ0) is 9.80. The van der Waals surface area contributed by atoms with Crippen LogP contribution in [-0.2, 0) is 6.54 Å². The largest absolute Gasteiger partial charge is 0.335 e. The molecule has 1 heterocycles. The predicted molar refractivity (Wildman–Crippen MR) is 54.7 cm³/mol. The molecule has 0 atom stereocenters. The Morgan fingerprint density at radius 2 is 1.86 bits per heavy atom. The first kappa shape index (κ1) is 8.58. The first-order chi connectivity index (χ1) is 6.90. The molecule has 68 valence electrons. The van der Waals surface area contributed by atoms with E-state index in [1.165, 1.54) is 5.56 Å². The minimum absolute atomic E-state index is 0.703. The van der Waals surface area contributed by atoms with E-state index in [0.29, 0.717) is 5.69 Å². The van der Waals surface area contributed by atoms with Gasteiger partial charge in [0.15, 0.2) is 0 Å². The van der Waals surface area contributed by atoms with Crippen LogP contribution < -0.4 is 0 Å². The second-order valence-electron chi connectivity index (χ2n) is 3.12. The van der Waals surface area contributed by atoms with Crippen molar-refractivity contribution in [1.82, 2.24) is 4.57 Å². The lowest BCUT2D eigenvalue weighted by atomic mass is 10.2. The van der Waals surface area contributed by atoms with E-state index in [4.69, 9.17) is 5.26 Å². The van der Waals surface area contributed by atoms with Crippen molar-refractivity contribution in [2.24, 2.45) is 0 Å². The molecular formula is C12H10N2. The molecule has 1 aromatic carbocycles. The third-order valence-electron chi connectivity index (χ3n) is 2.14. The monoisotopic (exact) mass is 182 g/mol. The van der Waals surface area contributed by atoms with Crippen molar-refractivity contribution in [3.63, 3.8) is 0 Å². The van der Waals surface area contributed by atoms with E-state index in [1.807, 2.05) is 41.1 Å². The number of hydrogen-bond donors (Lipinski definition) is 0. The van der Waals surface area contributed by atoms with E-state index in [-0.39, 0.29) is 0 Å². The van der Waals surface area contributed by atoms with Gasteiger partial charge in [-0.25, -0.2) is 0 Å². The fourth-order valence-electron chi connectivity index (χ4n) is 1.43. The van der Waals surface area contributed by atoms with Gasteiger partial charge in [-0.05, 0) is 17.7 Å². The number of nitrogens with zero attached hydrogens (tertiary/aromatic N) is 2. The van der Waals surface area contributed by atoms with E-state index in [2.05, 4.69) is 18.2 Å². The van der Waals surface area contributed by atoms with Crippen LogP contribution in [0.4, 0.5) is 0 Å². The summed E-state index contributed by atoms with van der Waals surface area (Å²) in [4.78, 5) is 0. The van der Waals surface area contributed by atoms with E-state index >= 15 is 0 Å². The third kappa shape index (κ3) is 1.67. The molecule has 0 amide bonds. The number of nitriles is 1. The molecule has 0 spiro atoms. The lowest BCUT2D eigenvalue weighted by Crippen LogP contribution is -1.99. The molecule has 1 aromatic heterocycles. The summed E-state index contributed by atoms with van der Waals surface area (Å²) in [5.74, 6) is 0. The highest BCUT2D eigenvalue weighted by atomic mass is 15.0. The van der Waals surface area contributed by atoms with Gasteiger partial charge in [-0.2, -0.15) is 5.26 Å². The first-order valence-electron chi connectivity index (χ1n) is 4.49. The van der Waals surface area contributed by atoms with E-state index in [1.54, 1.807) is 0 Å². The second-order valence-corrected chi connectivity index (χ2v) is 3.12. The molecule has 0 N–H and O–H groups in total. The maximum atomic E-state index is 8.81. The Morgan fingerprint density at radius 1 is 1.07 bits per heavy atom. The molecule has 0 radical (unpaired) electrons. The van der Waals surface area contributed by atoms with Gasteiger partial charge in [-0.1, -0.05) is 30.3 Å². The molecule has 0 saturated carbocycles. The van der Waals surface area contributed by atoms with E-state index in [0.717, 1.165) is 6.54 Å². The van der Waals surface area contributed by atoms with Gasteiger partial charge < -0.3 is 4.57 Å². The zero-order valence-corrected chi connectivity index (χ0v) is 7.72. The van der Waals surface area contributed by atoms with Crippen LogP contribution in [0.25, 0.3) is 0 Å². The van der Waals surface area contributed by atoms with Crippen molar-refractivity contribution in [3.05, 3.63) is 59.9 Å². The van der Waals surface area contributed by atoms with Crippen molar-refractivity contribution >= 4 is 0 Å². The van der Waals surface area contributed by atoms with Crippen LogP contribution in [0.15, 0.2) is 48.7 Å². The molecule has 2 aromatic rings. The van der Waals surface area contributed by atoms with Crippen LogP contribution in [-0.4, -0.2) is 4.57 Å². The molecule has 0 fully saturated rings. The molecule has 0 bridgehead atoms. The molecule has 0 aliphatic rings. The SMILES string of the molecule is N#Cc1cccn1Cc1ccccc1. The number of aromatic nitrogens is 1. The second kappa shape index (κ2) is 3.80. The predicted octanol–water partition coefficient (Wildman–Crippen LogP) is 2.41. The van der Waals surface area contributed by atoms with Crippen LogP contribution in [0.5, 0.6) is 0 Å². The van der Waals surface area contributed by atoms with Crippen LogP contribution in [0.3, 0.4) is 0 Å². The Morgan fingerprint density at radius 3 is 2.57 bits per heavy atom. The maximum absolute atomic E-state index is 8.81. The minimum Gasteiger partial charge on any atom is -0.335 e. The number of hydrogen-bond acceptors (Lipinski definition) is 1. The Hall–Kier alpha value is -2.01. The standard InChI is InChI=1S/C12H10N2/c13-9-12-7-4-8-14(12)10-11-5-2-1-3-6-11/h1-8H,10H2. The van der Waals surface area contributed by atoms with Gasteiger partial charge in [0.25, 0.3) is 0 Å². The quantitative estimate of drug-likeness (QED) is 0.701. The molecule has 0 aliphatic heterocycles. The summed E-state index contributed by atoms with van der Waals surface area (Å²) in [7, 11) is 0. The summed E-state index contributed by atoms with van der Waals surface area (Å²) in [5.41, 5.74) is 1.91. The molecule has 14 heavy (non-hydrogen) atoms. The molecular weight excluding hydrogens is 172 g/mol. The van der Waals surface area contributed by atoms with E-state index in [9.17, 15) is 0 Å². The molecule has 2 nitrogen and oxygen atoms in total. The summed E-state index contributed by atoms with van der Waals surface area (Å²) in [5, 5.41) is 8.81. The van der Waals surface area contributed by atoms with Crippen LogP contribution in [0.1, 0.15) is 11.3 Å². The molecule has 0 saturated heterocycles. The molecule has 0 unspecified atom stereocenters. The van der Waals surface area contributed by atoms with Crippen molar-refractivity contribution in [1.29, 1.82) is 5.26 Å². The van der Waals surface area contributed by atoms with Crippen molar-refractivity contribution in [2.75, 3.05) is 0 Å². The van der Waals surface area contributed by atoms with Gasteiger partial charge in [0, 0.05) is 12.7 Å². The number of benzene rings is 1.